The monoisotopic (exact) mass is 270 g/mol. The highest BCUT2D eigenvalue weighted by molar-refractivity contribution is 8.08. The quantitative estimate of drug-likeness (QED) is 0.668. The van der Waals surface area contributed by atoms with Crippen molar-refractivity contribution in [3.63, 3.8) is 0 Å². The van der Waals surface area contributed by atoms with Gasteiger partial charge in [0, 0.05) is 15.9 Å². The highest BCUT2D eigenvalue weighted by Crippen LogP contribution is 2.34. The van der Waals surface area contributed by atoms with Crippen LogP contribution in [0.3, 0.4) is 0 Å². The molecule has 0 aliphatic rings. The summed E-state index contributed by atoms with van der Waals surface area (Å²) in [5, 5.41) is 8.98. The highest BCUT2D eigenvalue weighted by Gasteiger charge is 2.06. The first-order valence-electron chi connectivity index (χ1n) is 5.90. The summed E-state index contributed by atoms with van der Waals surface area (Å²) in [4.78, 5) is 12.7. The first-order valence-corrected chi connectivity index (χ1v) is 6.71. The van der Waals surface area contributed by atoms with Crippen molar-refractivity contribution >= 4 is 22.6 Å². The number of thioether (sulfide) groups is 1. The van der Waals surface area contributed by atoms with Crippen molar-refractivity contribution in [3.8, 4) is 0 Å². The molecule has 0 aliphatic heterocycles. The van der Waals surface area contributed by atoms with E-state index in [0.29, 0.717) is 0 Å². The lowest BCUT2D eigenvalue weighted by molar-refractivity contribution is -0.131. The minimum absolute atomic E-state index is 0.733. The number of carboxylic acids is 1. The van der Waals surface area contributed by atoms with Crippen molar-refractivity contribution in [2.75, 3.05) is 0 Å². The zero-order valence-electron chi connectivity index (χ0n) is 10.5. The maximum absolute atomic E-state index is 10.9. The van der Waals surface area contributed by atoms with Crippen LogP contribution in [-0.2, 0) is 4.79 Å². The van der Waals surface area contributed by atoms with Gasteiger partial charge >= 0.3 is 5.97 Å². The van der Waals surface area contributed by atoms with Gasteiger partial charge in [0.2, 0.25) is 0 Å². The Morgan fingerprint density at radius 2 is 1.68 bits per heavy atom. The molecule has 0 fully saturated rings. The van der Waals surface area contributed by atoms with Gasteiger partial charge in [0.25, 0.3) is 0 Å². The van der Waals surface area contributed by atoms with Crippen LogP contribution in [0.1, 0.15) is 11.1 Å². The number of hydrogen-bond donors (Lipinski definition) is 1. The molecule has 0 bridgehead atoms. The number of carboxylic acid groups (broad SMARTS) is 1. The summed E-state index contributed by atoms with van der Waals surface area (Å²) in [6.45, 7) is 2.03. The molecule has 0 aliphatic carbocycles. The highest BCUT2D eigenvalue weighted by atomic mass is 32.2. The van der Waals surface area contributed by atoms with Gasteiger partial charge in [-0.25, -0.2) is 4.79 Å². The predicted octanol–water partition coefficient (Wildman–Crippen LogP) is 4.21. The lowest BCUT2D eigenvalue weighted by Crippen LogP contribution is -1.90. The molecule has 0 radical (unpaired) electrons. The molecule has 1 N–H and O–H groups in total. The summed E-state index contributed by atoms with van der Waals surface area (Å²) in [6, 6.07) is 17.6. The van der Waals surface area contributed by atoms with Gasteiger partial charge in [-0.1, -0.05) is 59.8 Å². The zero-order chi connectivity index (χ0) is 13.7. The SMILES string of the molecule is Cc1ccc(SC(=CC(=O)O)c2ccccc2)cc1. The van der Waals surface area contributed by atoms with E-state index in [4.69, 9.17) is 5.11 Å². The van der Waals surface area contributed by atoms with Gasteiger partial charge in [0.1, 0.15) is 0 Å². The molecular formula is C16H14O2S. The van der Waals surface area contributed by atoms with Crippen molar-refractivity contribution in [1.82, 2.24) is 0 Å². The fourth-order valence-electron chi connectivity index (χ4n) is 1.62. The van der Waals surface area contributed by atoms with E-state index >= 15 is 0 Å². The van der Waals surface area contributed by atoms with Gasteiger partial charge in [0.05, 0.1) is 0 Å². The molecule has 0 amide bonds. The maximum Gasteiger partial charge on any atom is 0.329 e. The summed E-state index contributed by atoms with van der Waals surface area (Å²) in [5.41, 5.74) is 2.10. The van der Waals surface area contributed by atoms with Crippen LogP contribution in [-0.4, -0.2) is 11.1 Å². The number of rotatable bonds is 4. The standard InChI is InChI=1S/C16H14O2S/c1-12-7-9-14(10-8-12)19-15(11-16(17)18)13-5-3-2-4-6-13/h2-11H,1H3,(H,17,18). The average Bonchev–Trinajstić information content (AvgIpc) is 2.41. The second kappa shape index (κ2) is 6.25. The van der Waals surface area contributed by atoms with E-state index in [1.54, 1.807) is 0 Å². The third-order valence-corrected chi connectivity index (χ3v) is 3.64. The summed E-state index contributed by atoms with van der Waals surface area (Å²) < 4.78 is 0. The molecule has 19 heavy (non-hydrogen) atoms. The van der Waals surface area contributed by atoms with Crippen molar-refractivity contribution in [2.45, 2.75) is 11.8 Å². The minimum Gasteiger partial charge on any atom is -0.478 e. The van der Waals surface area contributed by atoms with Gasteiger partial charge in [-0.2, -0.15) is 0 Å². The van der Waals surface area contributed by atoms with Crippen molar-refractivity contribution in [1.29, 1.82) is 0 Å². The molecule has 96 valence electrons. The van der Waals surface area contributed by atoms with Crippen molar-refractivity contribution in [3.05, 3.63) is 71.8 Å². The largest absolute Gasteiger partial charge is 0.478 e. The molecule has 0 spiro atoms. The molecule has 2 aromatic rings. The molecule has 0 saturated carbocycles. The van der Waals surface area contributed by atoms with E-state index in [9.17, 15) is 4.79 Å². The maximum atomic E-state index is 10.9. The molecule has 2 aromatic carbocycles. The Kier molecular flexibility index (Phi) is 4.42. The van der Waals surface area contributed by atoms with Crippen LogP contribution in [0, 0.1) is 6.92 Å². The van der Waals surface area contributed by atoms with Crippen molar-refractivity contribution < 1.29 is 9.90 Å². The van der Waals surface area contributed by atoms with E-state index in [-0.39, 0.29) is 0 Å². The topological polar surface area (TPSA) is 37.3 Å². The Morgan fingerprint density at radius 1 is 1.05 bits per heavy atom. The predicted molar refractivity (Wildman–Crippen MR) is 79.1 cm³/mol. The van der Waals surface area contributed by atoms with E-state index in [1.165, 1.54) is 23.4 Å². The van der Waals surface area contributed by atoms with E-state index in [0.717, 1.165) is 15.4 Å². The lowest BCUT2D eigenvalue weighted by atomic mass is 10.2. The Hall–Kier alpha value is -2.00. The second-order valence-corrected chi connectivity index (χ2v) is 5.24. The molecule has 0 unspecified atom stereocenters. The number of carbonyl (C=O) groups is 1. The molecule has 2 rings (SSSR count). The van der Waals surface area contributed by atoms with E-state index < -0.39 is 5.97 Å². The number of hydrogen-bond acceptors (Lipinski definition) is 2. The Balaban J connectivity index is 2.30. The molecule has 0 atom stereocenters. The van der Waals surface area contributed by atoms with Gasteiger partial charge in [-0.05, 0) is 24.6 Å². The van der Waals surface area contributed by atoms with Crippen LogP contribution in [0.25, 0.3) is 4.91 Å². The Morgan fingerprint density at radius 3 is 2.26 bits per heavy atom. The minimum atomic E-state index is -0.932. The van der Waals surface area contributed by atoms with Gasteiger partial charge in [0.15, 0.2) is 0 Å². The van der Waals surface area contributed by atoms with E-state index in [2.05, 4.69) is 0 Å². The molecular weight excluding hydrogens is 256 g/mol. The van der Waals surface area contributed by atoms with Gasteiger partial charge < -0.3 is 5.11 Å². The van der Waals surface area contributed by atoms with E-state index in [1.807, 2.05) is 61.5 Å². The summed E-state index contributed by atoms with van der Waals surface area (Å²) in [5.74, 6) is -0.932. The Labute approximate surface area is 116 Å². The molecule has 0 saturated heterocycles. The van der Waals surface area contributed by atoms with Crippen LogP contribution < -0.4 is 0 Å². The number of aliphatic carboxylic acids is 1. The average molecular weight is 270 g/mol. The van der Waals surface area contributed by atoms with Gasteiger partial charge in [-0.3, -0.25) is 0 Å². The fraction of sp³-hybridized carbons (Fsp3) is 0.0625. The zero-order valence-corrected chi connectivity index (χ0v) is 11.4. The summed E-state index contributed by atoms with van der Waals surface area (Å²) >= 11 is 1.46. The lowest BCUT2D eigenvalue weighted by Gasteiger charge is -2.07. The molecule has 2 nitrogen and oxygen atoms in total. The second-order valence-electron chi connectivity index (χ2n) is 4.13. The molecule has 0 aromatic heterocycles. The fourth-order valence-corrected chi connectivity index (χ4v) is 2.56. The first-order chi connectivity index (χ1) is 9.15. The third kappa shape index (κ3) is 4.00. The van der Waals surface area contributed by atoms with Crippen LogP contribution in [0.4, 0.5) is 0 Å². The first kappa shape index (κ1) is 13.4. The third-order valence-electron chi connectivity index (χ3n) is 2.56. The smallest absolute Gasteiger partial charge is 0.329 e. The van der Waals surface area contributed by atoms with Crippen LogP contribution in [0.2, 0.25) is 0 Å². The van der Waals surface area contributed by atoms with Crippen LogP contribution in [0.15, 0.2) is 65.6 Å². The number of benzene rings is 2. The van der Waals surface area contributed by atoms with Crippen LogP contribution >= 0.6 is 11.8 Å². The summed E-state index contributed by atoms with van der Waals surface area (Å²) in [6.07, 6.45) is 1.25. The Bertz CT molecular complexity index is 586. The molecule has 0 heterocycles. The summed E-state index contributed by atoms with van der Waals surface area (Å²) in [7, 11) is 0. The number of aryl methyl sites for hydroxylation is 1. The normalized spacial score (nSPS) is 11.3. The van der Waals surface area contributed by atoms with Crippen molar-refractivity contribution in [2.24, 2.45) is 0 Å². The molecule has 3 heteroatoms. The van der Waals surface area contributed by atoms with Gasteiger partial charge in [-0.15, -0.1) is 0 Å². The van der Waals surface area contributed by atoms with Crippen LogP contribution in [0.5, 0.6) is 0 Å².